The highest BCUT2D eigenvalue weighted by atomic mass is 16.4. The summed E-state index contributed by atoms with van der Waals surface area (Å²) in [4.78, 5) is 14.4. The normalized spacial score (nSPS) is 14.3. The van der Waals surface area contributed by atoms with Crippen LogP contribution in [0.4, 0.5) is 0 Å². The van der Waals surface area contributed by atoms with Gasteiger partial charge in [0.15, 0.2) is 11.2 Å². The lowest BCUT2D eigenvalue weighted by atomic mass is 10.1. The molecular weight excluding hydrogens is 426 g/mol. The van der Waals surface area contributed by atoms with Crippen LogP contribution in [0.3, 0.4) is 0 Å². The van der Waals surface area contributed by atoms with Crippen LogP contribution in [-0.4, -0.2) is 23.9 Å². The number of fused-ring (bicyclic) bond motifs is 7. The van der Waals surface area contributed by atoms with Gasteiger partial charge in [-0.15, -0.1) is 0 Å². The molecule has 0 saturated carbocycles. The molecule has 0 aliphatic heterocycles. The number of rotatable bonds is 2. The first-order valence-corrected chi connectivity index (χ1v) is 11.3. The predicted octanol–water partition coefficient (Wildman–Crippen LogP) is 6.45. The fourth-order valence-electron chi connectivity index (χ4n) is 4.89. The van der Waals surface area contributed by atoms with Gasteiger partial charge in [0.1, 0.15) is 11.0 Å². The van der Waals surface area contributed by atoms with Crippen molar-refractivity contribution in [2.75, 3.05) is 0 Å². The zero-order valence-electron chi connectivity index (χ0n) is 18.0. The minimum absolute atomic E-state index is 0.463. The lowest BCUT2D eigenvalue weighted by Crippen LogP contribution is -1.94. The Morgan fingerprint density at radius 2 is 1.50 bits per heavy atom. The largest absolute Gasteiger partial charge is 0.436 e. The Hall–Kier alpha value is -4.65. The van der Waals surface area contributed by atoms with Crippen LogP contribution in [0.5, 0.6) is 0 Å². The molecule has 0 amide bonds. The van der Waals surface area contributed by atoms with E-state index in [4.69, 9.17) is 23.8 Å². The second-order valence-electron chi connectivity index (χ2n) is 8.52. The van der Waals surface area contributed by atoms with Crippen LogP contribution < -0.4 is 0 Å². The minimum Gasteiger partial charge on any atom is -0.436 e. The van der Waals surface area contributed by atoms with Gasteiger partial charge in [-0.25, -0.2) is 14.5 Å². The van der Waals surface area contributed by atoms with E-state index in [-0.39, 0.29) is 0 Å². The first kappa shape index (κ1) is 17.9. The van der Waals surface area contributed by atoms with Gasteiger partial charge in [-0.2, -0.15) is 4.98 Å². The van der Waals surface area contributed by atoms with Crippen molar-refractivity contribution >= 4 is 55.6 Å². The molecule has 7 aromatic rings. The molecule has 1 aliphatic carbocycles. The third kappa shape index (κ3) is 2.38. The van der Waals surface area contributed by atoms with Crippen molar-refractivity contribution in [3.8, 4) is 6.01 Å². The molecule has 8 rings (SSSR count). The van der Waals surface area contributed by atoms with Gasteiger partial charge < -0.3 is 8.83 Å². The second kappa shape index (κ2) is 6.45. The monoisotopic (exact) mass is 443 g/mol. The first-order valence-electron chi connectivity index (χ1n) is 11.3. The molecule has 0 N–H and O–H groups in total. The summed E-state index contributed by atoms with van der Waals surface area (Å²) in [7, 11) is 0. The van der Waals surface area contributed by atoms with Gasteiger partial charge in [0.25, 0.3) is 0 Å². The van der Waals surface area contributed by atoms with Gasteiger partial charge in [-0.05, 0) is 37.1 Å². The molecule has 0 saturated heterocycles. The fraction of sp³-hybridized carbons (Fsp3) is 0.0741. The SMILES string of the molecule is C1=CCCC(c2nc3cc4oc(-n5c6ccccc6n6c7ccccc7nc56)nc4cc3o2)=C1. The van der Waals surface area contributed by atoms with Gasteiger partial charge in [-0.1, -0.05) is 42.5 Å². The quantitative estimate of drug-likeness (QED) is 0.307. The number of aromatic nitrogens is 5. The molecule has 0 radical (unpaired) electrons. The Kier molecular flexibility index (Phi) is 3.39. The van der Waals surface area contributed by atoms with E-state index in [2.05, 4.69) is 40.8 Å². The smallest absolute Gasteiger partial charge is 0.310 e. The van der Waals surface area contributed by atoms with Crippen molar-refractivity contribution in [1.29, 1.82) is 0 Å². The summed E-state index contributed by atoms with van der Waals surface area (Å²) in [5, 5.41) is 0. The van der Waals surface area contributed by atoms with Crippen LogP contribution in [0.25, 0.3) is 61.6 Å². The van der Waals surface area contributed by atoms with Crippen LogP contribution in [0, 0.1) is 0 Å². The molecule has 7 nitrogen and oxygen atoms in total. The van der Waals surface area contributed by atoms with Gasteiger partial charge in [0.2, 0.25) is 11.7 Å². The summed E-state index contributed by atoms with van der Waals surface area (Å²) in [6, 6.07) is 20.6. The number of para-hydroxylation sites is 4. The van der Waals surface area contributed by atoms with Crippen molar-refractivity contribution in [2.45, 2.75) is 12.8 Å². The molecular formula is C27H17N5O2. The number of oxazole rings is 2. The van der Waals surface area contributed by atoms with E-state index in [9.17, 15) is 0 Å². The molecule has 1 aliphatic rings. The molecule has 4 heterocycles. The van der Waals surface area contributed by atoms with E-state index in [0.29, 0.717) is 23.1 Å². The highest BCUT2D eigenvalue weighted by Crippen LogP contribution is 2.33. The Balaban J connectivity index is 1.36. The molecule has 0 unspecified atom stereocenters. The molecule has 162 valence electrons. The summed E-state index contributed by atoms with van der Waals surface area (Å²) >= 11 is 0. The van der Waals surface area contributed by atoms with Crippen LogP contribution in [0.2, 0.25) is 0 Å². The highest BCUT2D eigenvalue weighted by Gasteiger charge is 2.21. The maximum absolute atomic E-state index is 6.28. The number of imidazole rings is 2. The summed E-state index contributed by atoms with van der Waals surface area (Å²) in [6.45, 7) is 0. The molecule has 34 heavy (non-hydrogen) atoms. The summed E-state index contributed by atoms with van der Waals surface area (Å²) in [6.07, 6.45) is 8.19. The molecule has 4 aromatic heterocycles. The predicted molar refractivity (Wildman–Crippen MR) is 131 cm³/mol. The molecule has 0 atom stereocenters. The maximum atomic E-state index is 6.28. The van der Waals surface area contributed by atoms with Gasteiger partial charge in [0, 0.05) is 17.7 Å². The van der Waals surface area contributed by atoms with E-state index >= 15 is 0 Å². The topological polar surface area (TPSA) is 74.3 Å². The lowest BCUT2D eigenvalue weighted by molar-refractivity contribution is 0.572. The zero-order valence-corrected chi connectivity index (χ0v) is 18.0. The summed E-state index contributed by atoms with van der Waals surface area (Å²) in [5.74, 6) is 1.42. The average Bonchev–Trinajstić information content (AvgIpc) is 3.62. The van der Waals surface area contributed by atoms with Gasteiger partial charge >= 0.3 is 6.01 Å². The van der Waals surface area contributed by atoms with Crippen molar-refractivity contribution in [3.63, 3.8) is 0 Å². The van der Waals surface area contributed by atoms with Crippen molar-refractivity contribution in [1.82, 2.24) is 23.9 Å². The van der Waals surface area contributed by atoms with Crippen molar-refractivity contribution in [2.24, 2.45) is 0 Å². The van der Waals surface area contributed by atoms with E-state index in [1.165, 1.54) is 0 Å². The molecule has 0 bridgehead atoms. The number of hydrogen-bond donors (Lipinski definition) is 0. The Morgan fingerprint density at radius 3 is 2.35 bits per heavy atom. The maximum Gasteiger partial charge on any atom is 0.310 e. The average molecular weight is 443 g/mol. The lowest BCUT2D eigenvalue weighted by Gasteiger charge is -2.02. The van der Waals surface area contributed by atoms with Crippen LogP contribution >= 0.6 is 0 Å². The number of hydrogen-bond acceptors (Lipinski definition) is 5. The van der Waals surface area contributed by atoms with Crippen molar-refractivity contribution < 1.29 is 8.83 Å². The zero-order chi connectivity index (χ0) is 22.2. The Morgan fingerprint density at radius 1 is 0.735 bits per heavy atom. The third-order valence-electron chi connectivity index (χ3n) is 6.47. The van der Waals surface area contributed by atoms with Gasteiger partial charge in [-0.3, -0.25) is 4.40 Å². The van der Waals surface area contributed by atoms with Gasteiger partial charge in [0.05, 0.1) is 22.1 Å². The summed E-state index contributed by atoms with van der Waals surface area (Å²) < 4.78 is 16.5. The van der Waals surface area contributed by atoms with Crippen molar-refractivity contribution in [3.05, 3.63) is 84.8 Å². The Labute approximate surface area is 192 Å². The van der Waals surface area contributed by atoms with E-state index in [1.54, 1.807) is 0 Å². The Bertz CT molecular complexity index is 1930. The van der Waals surface area contributed by atoms with E-state index in [0.717, 1.165) is 57.3 Å². The fourth-order valence-corrected chi connectivity index (χ4v) is 4.89. The molecule has 7 heteroatoms. The highest BCUT2D eigenvalue weighted by molar-refractivity contribution is 5.93. The standard InChI is InChI=1S/C27H17N5O2/c1-2-8-16(9-3-1)25-28-18-14-24-19(15-23(18)33-25)30-27(34-24)32-22-13-7-6-12-21(22)31-20-11-5-4-10-17(20)29-26(31)32/h1-2,4-8,10-15H,3,9H2. The molecule has 0 fully saturated rings. The number of benzene rings is 3. The molecule has 0 spiro atoms. The second-order valence-corrected chi connectivity index (χ2v) is 8.52. The number of allylic oxidation sites excluding steroid dienone is 4. The van der Waals surface area contributed by atoms with Crippen LogP contribution in [0.1, 0.15) is 18.7 Å². The third-order valence-corrected chi connectivity index (χ3v) is 6.47. The summed E-state index contributed by atoms with van der Waals surface area (Å²) in [5.41, 5.74) is 7.94. The van der Waals surface area contributed by atoms with E-state index in [1.807, 2.05) is 47.0 Å². The number of nitrogens with zero attached hydrogens (tertiary/aromatic N) is 5. The van der Waals surface area contributed by atoms with Crippen LogP contribution in [-0.2, 0) is 0 Å². The van der Waals surface area contributed by atoms with E-state index < -0.39 is 0 Å². The first-order chi connectivity index (χ1) is 16.8. The van der Waals surface area contributed by atoms with Crippen LogP contribution in [0.15, 0.2) is 87.7 Å². The minimum atomic E-state index is 0.463. The molecule has 3 aromatic carbocycles.